The predicted molar refractivity (Wildman–Crippen MR) is 69.7 cm³/mol. The van der Waals surface area contributed by atoms with Gasteiger partial charge in [0.05, 0.1) is 0 Å². The number of anilines is 1. The van der Waals surface area contributed by atoms with Crippen molar-refractivity contribution < 1.29 is 0 Å². The van der Waals surface area contributed by atoms with Gasteiger partial charge in [0.2, 0.25) is 5.95 Å². The fraction of sp³-hybridized carbons (Fsp3) is 0.0833. The van der Waals surface area contributed by atoms with Crippen LogP contribution in [0.25, 0.3) is 17.3 Å². The Hall–Kier alpha value is -2.83. The summed E-state index contributed by atoms with van der Waals surface area (Å²) in [5.41, 5.74) is 0.919. The first-order chi connectivity index (χ1) is 9.36. The number of aromatic nitrogens is 6. The first kappa shape index (κ1) is 11.3. The minimum absolute atomic E-state index is 0.427. The molecule has 0 bridgehead atoms. The SMILES string of the molecule is CNc1nc(-c2ccccc2)nc(-n2cncn2)n1. The number of hydrogen-bond acceptors (Lipinski definition) is 6. The molecule has 7 nitrogen and oxygen atoms in total. The average Bonchev–Trinajstić information content (AvgIpc) is 3.02. The third-order valence-electron chi connectivity index (χ3n) is 2.50. The van der Waals surface area contributed by atoms with Crippen molar-refractivity contribution in [3.63, 3.8) is 0 Å². The standard InChI is InChI=1S/C12H11N7/c1-13-11-16-10(9-5-3-2-4-6-9)17-12(18-11)19-8-14-7-15-19/h2-8H,1H3,(H,13,16,17,18). The molecule has 1 N–H and O–H groups in total. The zero-order valence-corrected chi connectivity index (χ0v) is 10.2. The third-order valence-corrected chi connectivity index (χ3v) is 2.50. The Bertz CT molecular complexity index is 664. The summed E-state index contributed by atoms with van der Waals surface area (Å²) in [6.07, 6.45) is 2.98. The smallest absolute Gasteiger partial charge is 0.257 e. The Labute approximate surface area is 109 Å². The Morgan fingerprint density at radius 2 is 1.89 bits per heavy atom. The topological polar surface area (TPSA) is 81.4 Å². The Kier molecular flexibility index (Phi) is 2.85. The lowest BCUT2D eigenvalue weighted by molar-refractivity contribution is 0.798. The van der Waals surface area contributed by atoms with E-state index in [4.69, 9.17) is 0 Å². The van der Waals surface area contributed by atoms with Crippen molar-refractivity contribution in [2.75, 3.05) is 12.4 Å². The number of hydrogen-bond donors (Lipinski definition) is 1. The molecule has 0 aliphatic carbocycles. The van der Waals surface area contributed by atoms with Crippen LogP contribution in [0.1, 0.15) is 0 Å². The van der Waals surface area contributed by atoms with Gasteiger partial charge >= 0.3 is 0 Å². The van der Waals surface area contributed by atoms with Crippen LogP contribution in [0.2, 0.25) is 0 Å². The number of nitrogens with zero attached hydrogens (tertiary/aromatic N) is 6. The van der Waals surface area contributed by atoms with E-state index < -0.39 is 0 Å². The maximum Gasteiger partial charge on any atom is 0.257 e. The second-order valence-corrected chi connectivity index (χ2v) is 3.74. The summed E-state index contributed by atoms with van der Waals surface area (Å²) in [5, 5.41) is 6.94. The van der Waals surface area contributed by atoms with Gasteiger partial charge in [0.15, 0.2) is 5.82 Å². The van der Waals surface area contributed by atoms with Crippen LogP contribution in [0.5, 0.6) is 0 Å². The molecule has 0 atom stereocenters. The van der Waals surface area contributed by atoms with Crippen LogP contribution in [0.4, 0.5) is 5.95 Å². The van der Waals surface area contributed by atoms with E-state index in [9.17, 15) is 0 Å². The molecule has 0 aliphatic heterocycles. The van der Waals surface area contributed by atoms with Gasteiger partial charge in [-0.15, -0.1) is 0 Å². The zero-order chi connectivity index (χ0) is 13.1. The molecule has 2 aromatic heterocycles. The first-order valence-electron chi connectivity index (χ1n) is 5.71. The van der Waals surface area contributed by atoms with E-state index in [2.05, 4.69) is 30.4 Å². The highest BCUT2D eigenvalue weighted by atomic mass is 15.4. The van der Waals surface area contributed by atoms with Crippen LogP contribution in [0.15, 0.2) is 43.0 Å². The van der Waals surface area contributed by atoms with Gasteiger partial charge in [-0.3, -0.25) is 0 Å². The molecule has 0 saturated heterocycles. The van der Waals surface area contributed by atoms with E-state index in [1.54, 1.807) is 13.4 Å². The van der Waals surface area contributed by atoms with Gasteiger partial charge in [0, 0.05) is 12.6 Å². The molecule has 94 valence electrons. The van der Waals surface area contributed by atoms with Crippen molar-refractivity contribution in [2.45, 2.75) is 0 Å². The van der Waals surface area contributed by atoms with Crippen molar-refractivity contribution in [3.05, 3.63) is 43.0 Å². The summed E-state index contributed by atoms with van der Waals surface area (Å²) in [5.74, 6) is 1.50. The molecule has 0 unspecified atom stereocenters. The molecule has 0 aliphatic rings. The summed E-state index contributed by atoms with van der Waals surface area (Å²) in [6, 6.07) is 9.71. The fourth-order valence-electron chi connectivity index (χ4n) is 1.61. The summed E-state index contributed by atoms with van der Waals surface area (Å²) in [4.78, 5) is 16.9. The third kappa shape index (κ3) is 2.25. The van der Waals surface area contributed by atoms with Crippen LogP contribution >= 0.6 is 0 Å². The summed E-state index contributed by atoms with van der Waals surface area (Å²) < 4.78 is 1.50. The quantitative estimate of drug-likeness (QED) is 0.754. The van der Waals surface area contributed by atoms with Gasteiger partial charge in [0.1, 0.15) is 12.7 Å². The molecule has 3 aromatic rings. The Morgan fingerprint density at radius 1 is 1.05 bits per heavy atom. The predicted octanol–water partition coefficient (Wildman–Crippen LogP) is 1.16. The maximum atomic E-state index is 4.39. The molecule has 0 radical (unpaired) electrons. The first-order valence-corrected chi connectivity index (χ1v) is 5.71. The van der Waals surface area contributed by atoms with E-state index in [0.717, 1.165) is 5.56 Å². The summed E-state index contributed by atoms with van der Waals surface area (Å²) in [6.45, 7) is 0. The van der Waals surface area contributed by atoms with Crippen LogP contribution in [0.3, 0.4) is 0 Å². The van der Waals surface area contributed by atoms with Crippen LogP contribution < -0.4 is 5.32 Å². The maximum absolute atomic E-state index is 4.39. The molecular formula is C12H11N7. The van der Waals surface area contributed by atoms with Crippen molar-refractivity contribution in [2.24, 2.45) is 0 Å². The molecule has 0 spiro atoms. The number of nitrogens with one attached hydrogen (secondary N) is 1. The van der Waals surface area contributed by atoms with Crippen molar-refractivity contribution in [1.82, 2.24) is 29.7 Å². The minimum Gasteiger partial charge on any atom is -0.357 e. The van der Waals surface area contributed by atoms with Crippen LogP contribution in [-0.4, -0.2) is 36.8 Å². The van der Waals surface area contributed by atoms with Crippen molar-refractivity contribution >= 4 is 5.95 Å². The van der Waals surface area contributed by atoms with Crippen LogP contribution in [0, 0.1) is 0 Å². The second-order valence-electron chi connectivity index (χ2n) is 3.74. The average molecular weight is 253 g/mol. The monoisotopic (exact) mass is 253 g/mol. The minimum atomic E-state index is 0.427. The van der Waals surface area contributed by atoms with E-state index in [1.165, 1.54) is 11.0 Å². The van der Waals surface area contributed by atoms with Gasteiger partial charge in [-0.05, 0) is 0 Å². The fourth-order valence-corrected chi connectivity index (χ4v) is 1.61. The molecule has 7 heteroatoms. The van der Waals surface area contributed by atoms with Gasteiger partial charge in [-0.1, -0.05) is 30.3 Å². The lowest BCUT2D eigenvalue weighted by Crippen LogP contribution is -2.08. The number of benzene rings is 1. The highest BCUT2D eigenvalue weighted by Crippen LogP contribution is 2.16. The van der Waals surface area contributed by atoms with Crippen LogP contribution in [-0.2, 0) is 0 Å². The highest BCUT2D eigenvalue weighted by Gasteiger charge is 2.09. The summed E-state index contributed by atoms with van der Waals surface area (Å²) in [7, 11) is 1.76. The van der Waals surface area contributed by atoms with Gasteiger partial charge in [-0.2, -0.15) is 24.7 Å². The van der Waals surface area contributed by atoms with Gasteiger partial charge in [0.25, 0.3) is 5.95 Å². The summed E-state index contributed by atoms with van der Waals surface area (Å²) >= 11 is 0. The molecule has 3 rings (SSSR count). The Balaban J connectivity index is 2.13. The molecule has 2 heterocycles. The van der Waals surface area contributed by atoms with E-state index >= 15 is 0 Å². The molecule has 0 saturated carbocycles. The lowest BCUT2D eigenvalue weighted by Gasteiger charge is -2.06. The Morgan fingerprint density at radius 3 is 2.58 bits per heavy atom. The lowest BCUT2D eigenvalue weighted by atomic mass is 10.2. The van der Waals surface area contributed by atoms with E-state index in [-0.39, 0.29) is 0 Å². The van der Waals surface area contributed by atoms with Crippen molar-refractivity contribution in [1.29, 1.82) is 0 Å². The van der Waals surface area contributed by atoms with E-state index in [1.807, 2.05) is 30.3 Å². The largest absolute Gasteiger partial charge is 0.357 e. The zero-order valence-electron chi connectivity index (χ0n) is 10.2. The molecule has 1 aromatic carbocycles. The molecule has 0 amide bonds. The molecule has 0 fully saturated rings. The molecule has 19 heavy (non-hydrogen) atoms. The van der Waals surface area contributed by atoms with E-state index in [0.29, 0.717) is 17.7 Å². The normalized spacial score (nSPS) is 10.4. The van der Waals surface area contributed by atoms with Crippen molar-refractivity contribution in [3.8, 4) is 17.3 Å². The second kappa shape index (κ2) is 4.81. The highest BCUT2D eigenvalue weighted by molar-refractivity contribution is 5.56. The van der Waals surface area contributed by atoms with Gasteiger partial charge < -0.3 is 5.32 Å². The number of rotatable bonds is 3. The molecular weight excluding hydrogens is 242 g/mol. The van der Waals surface area contributed by atoms with Gasteiger partial charge in [-0.25, -0.2) is 4.98 Å².